The second-order valence-corrected chi connectivity index (χ2v) is 8.05. The van der Waals surface area contributed by atoms with E-state index in [9.17, 15) is 9.59 Å². The van der Waals surface area contributed by atoms with E-state index >= 15 is 0 Å². The number of hydrogen-bond donors (Lipinski definition) is 3. The lowest BCUT2D eigenvalue weighted by atomic mass is 10.0. The number of rotatable bonds is 6. The van der Waals surface area contributed by atoms with Crippen molar-refractivity contribution in [2.24, 2.45) is 13.0 Å². The fraction of sp³-hybridized carbons (Fsp3) is 0.304. The first kappa shape index (κ1) is 20.7. The highest BCUT2D eigenvalue weighted by atomic mass is 16.5. The summed E-state index contributed by atoms with van der Waals surface area (Å²) in [5, 5.41) is 13.7. The van der Waals surface area contributed by atoms with Gasteiger partial charge in [0.1, 0.15) is 17.8 Å². The summed E-state index contributed by atoms with van der Waals surface area (Å²) in [6.45, 7) is 0.564. The van der Waals surface area contributed by atoms with E-state index in [0.717, 1.165) is 18.4 Å². The third-order valence-corrected chi connectivity index (χ3v) is 5.64. The van der Waals surface area contributed by atoms with Gasteiger partial charge in [0.25, 0.3) is 0 Å². The number of carbonyl (C=O) groups is 1. The van der Waals surface area contributed by atoms with Crippen LogP contribution in [0.3, 0.4) is 0 Å². The zero-order valence-electron chi connectivity index (χ0n) is 18.3. The number of hydrogen-bond acceptors (Lipinski definition) is 8. The molecule has 0 spiro atoms. The van der Waals surface area contributed by atoms with E-state index in [-0.39, 0.29) is 11.8 Å². The first-order valence-corrected chi connectivity index (χ1v) is 10.7. The molecule has 1 amide bonds. The topological polar surface area (TPSA) is 123 Å². The Labute approximate surface area is 190 Å². The van der Waals surface area contributed by atoms with Crippen LogP contribution >= 0.6 is 0 Å². The van der Waals surface area contributed by atoms with Crippen molar-refractivity contribution >= 4 is 34.7 Å². The minimum absolute atomic E-state index is 0.0331. The Kier molecular flexibility index (Phi) is 5.27. The number of benzene rings is 1. The highest BCUT2D eigenvalue weighted by molar-refractivity contribution is 5.97. The van der Waals surface area contributed by atoms with Crippen LogP contribution < -0.4 is 20.7 Å². The Morgan fingerprint density at radius 1 is 1.30 bits per heavy atom. The van der Waals surface area contributed by atoms with Gasteiger partial charge in [-0.05, 0) is 25.0 Å². The fourth-order valence-electron chi connectivity index (χ4n) is 3.91. The molecule has 10 heteroatoms. The van der Waals surface area contributed by atoms with Crippen LogP contribution in [0.25, 0.3) is 17.1 Å². The Morgan fingerprint density at radius 3 is 2.85 bits per heavy atom. The Morgan fingerprint density at radius 2 is 2.15 bits per heavy atom. The molecule has 3 aromatic rings. The summed E-state index contributed by atoms with van der Waals surface area (Å²) >= 11 is 0. The number of aromatic nitrogens is 4. The van der Waals surface area contributed by atoms with Crippen LogP contribution in [0.2, 0.25) is 0 Å². The number of carbonyl (C=O) groups excluding carboxylic acids is 2. The second-order valence-electron chi connectivity index (χ2n) is 8.05. The first-order valence-electron chi connectivity index (χ1n) is 10.7. The number of para-hydroxylation sites is 1. The lowest BCUT2D eigenvalue weighted by Gasteiger charge is -2.23. The molecule has 1 aromatic carbocycles. The zero-order valence-corrected chi connectivity index (χ0v) is 18.3. The predicted octanol–water partition coefficient (Wildman–Crippen LogP) is 2.30. The molecule has 5 rings (SSSR count). The van der Waals surface area contributed by atoms with Crippen LogP contribution in [0, 0.1) is 5.92 Å². The van der Waals surface area contributed by atoms with E-state index in [1.807, 2.05) is 24.1 Å². The van der Waals surface area contributed by atoms with Crippen molar-refractivity contribution in [3.8, 4) is 17.1 Å². The van der Waals surface area contributed by atoms with Crippen LogP contribution in [0.1, 0.15) is 24.1 Å². The summed E-state index contributed by atoms with van der Waals surface area (Å²) in [6, 6.07) is 7.34. The molecule has 0 saturated heterocycles. The number of anilines is 3. The Bertz CT molecular complexity index is 1290. The van der Waals surface area contributed by atoms with Crippen molar-refractivity contribution in [1.29, 1.82) is 0 Å². The maximum atomic E-state index is 12.3. The third kappa shape index (κ3) is 4.04. The number of ether oxygens (including phenoxy) is 1. The summed E-state index contributed by atoms with van der Waals surface area (Å²) < 4.78 is 7.33. The van der Waals surface area contributed by atoms with Gasteiger partial charge in [-0.15, -0.1) is 0 Å². The lowest BCUT2D eigenvalue weighted by molar-refractivity contribution is -0.117. The molecule has 0 atom stereocenters. The van der Waals surface area contributed by atoms with Gasteiger partial charge in [0.2, 0.25) is 5.91 Å². The molecule has 33 heavy (non-hydrogen) atoms. The lowest BCUT2D eigenvalue weighted by Crippen LogP contribution is -2.26. The molecule has 1 aliphatic heterocycles. The van der Waals surface area contributed by atoms with E-state index in [1.165, 1.54) is 0 Å². The number of fused-ring (bicyclic) bond motifs is 1. The van der Waals surface area contributed by atoms with Crippen LogP contribution in [0.4, 0.5) is 17.2 Å². The predicted molar refractivity (Wildman–Crippen MR) is 123 cm³/mol. The van der Waals surface area contributed by atoms with Gasteiger partial charge >= 0.3 is 0 Å². The van der Waals surface area contributed by atoms with Gasteiger partial charge in [-0.25, -0.2) is 14.8 Å². The summed E-state index contributed by atoms with van der Waals surface area (Å²) in [6.07, 6.45) is 4.03. The van der Waals surface area contributed by atoms with Crippen molar-refractivity contribution in [3.05, 3.63) is 41.9 Å². The van der Waals surface area contributed by atoms with E-state index in [1.54, 1.807) is 31.2 Å². The van der Waals surface area contributed by atoms with E-state index in [4.69, 9.17) is 4.74 Å². The van der Waals surface area contributed by atoms with Gasteiger partial charge in [-0.1, -0.05) is 6.07 Å². The van der Waals surface area contributed by atoms with Gasteiger partial charge in [0, 0.05) is 32.0 Å². The SMILES string of the molecule is COc1c(Nc2cc(NC(=O)C3CC3)nc3c2C(=C=O)NCC3)cccc1-c1ncn(C)n1. The summed E-state index contributed by atoms with van der Waals surface area (Å²) in [4.78, 5) is 32.9. The molecule has 2 aliphatic rings. The molecule has 168 valence electrons. The molecular weight excluding hydrogens is 422 g/mol. The quantitative estimate of drug-likeness (QED) is 0.494. The largest absolute Gasteiger partial charge is 0.494 e. The van der Waals surface area contributed by atoms with Crippen molar-refractivity contribution < 1.29 is 14.3 Å². The monoisotopic (exact) mass is 445 g/mol. The molecule has 3 N–H and O–H groups in total. The zero-order chi connectivity index (χ0) is 22.9. The molecule has 1 fully saturated rings. The van der Waals surface area contributed by atoms with Crippen molar-refractivity contribution in [2.75, 3.05) is 24.3 Å². The van der Waals surface area contributed by atoms with Crippen LogP contribution in [-0.2, 0) is 23.1 Å². The molecule has 0 bridgehead atoms. The van der Waals surface area contributed by atoms with Gasteiger partial charge in [-0.2, -0.15) is 5.10 Å². The van der Waals surface area contributed by atoms with Crippen LogP contribution in [-0.4, -0.2) is 45.3 Å². The second kappa shape index (κ2) is 8.40. The van der Waals surface area contributed by atoms with E-state index < -0.39 is 0 Å². The third-order valence-electron chi connectivity index (χ3n) is 5.64. The molecule has 2 aromatic heterocycles. The normalized spacial score (nSPS) is 14.7. The van der Waals surface area contributed by atoms with Gasteiger partial charge in [0.15, 0.2) is 17.5 Å². The summed E-state index contributed by atoms with van der Waals surface area (Å²) in [5.74, 6) is 3.52. The summed E-state index contributed by atoms with van der Waals surface area (Å²) in [5.41, 5.74) is 3.66. The average molecular weight is 445 g/mol. The van der Waals surface area contributed by atoms with Gasteiger partial charge in [0.05, 0.1) is 35.3 Å². The number of pyridine rings is 1. The maximum Gasteiger partial charge on any atom is 0.228 e. The van der Waals surface area contributed by atoms with Crippen molar-refractivity contribution in [3.63, 3.8) is 0 Å². The smallest absolute Gasteiger partial charge is 0.228 e. The minimum Gasteiger partial charge on any atom is -0.494 e. The number of aryl methyl sites for hydroxylation is 1. The maximum absolute atomic E-state index is 12.3. The molecule has 3 heterocycles. The standard InChI is InChI=1S/C23H23N7O3/c1-30-12-25-22(29-30)14-4-3-5-16(21(14)33-2)26-17-10-19(28-23(32)13-6-7-13)27-15-8-9-24-18(11-31)20(15)17/h3-5,10,12-13,24H,6-9H2,1-2H3,(H2,26,27,28,32). The molecule has 0 unspecified atom stereocenters. The fourth-order valence-corrected chi connectivity index (χ4v) is 3.91. The molecule has 1 aliphatic carbocycles. The number of methoxy groups -OCH3 is 1. The highest BCUT2D eigenvalue weighted by Crippen LogP contribution is 2.39. The van der Waals surface area contributed by atoms with Crippen molar-refractivity contribution in [2.45, 2.75) is 19.3 Å². The van der Waals surface area contributed by atoms with E-state index in [0.29, 0.717) is 58.7 Å². The number of nitrogens with one attached hydrogen (secondary N) is 3. The summed E-state index contributed by atoms with van der Waals surface area (Å²) in [7, 11) is 3.38. The molecule has 0 radical (unpaired) electrons. The highest BCUT2D eigenvalue weighted by Gasteiger charge is 2.30. The van der Waals surface area contributed by atoms with Crippen LogP contribution in [0.15, 0.2) is 30.6 Å². The minimum atomic E-state index is -0.0331. The van der Waals surface area contributed by atoms with Gasteiger partial charge < -0.3 is 20.7 Å². The molecule has 10 nitrogen and oxygen atoms in total. The van der Waals surface area contributed by atoms with Crippen molar-refractivity contribution in [1.82, 2.24) is 25.1 Å². The first-order chi connectivity index (χ1) is 16.1. The average Bonchev–Trinajstić information content (AvgIpc) is 3.59. The Hall–Kier alpha value is -4.17. The van der Waals surface area contributed by atoms with Gasteiger partial charge in [-0.3, -0.25) is 9.48 Å². The Balaban J connectivity index is 1.58. The number of nitrogens with zero attached hydrogens (tertiary/aromatic N) is 4. The number of amides is 1. The van der Waals surface area contributed by atoms with E-state index in [2.05, 4.69) is 31.0 Å². The molecular formula is C23H23N7O3. The van der Waals surface area contributed by atoms with Crippen LogP contribution in [0.5, 0.6) is 5.75 Å². The molecule has 1 saturated carbocycles.